The third-order valence-corrected chi connectivity index (χ3v) is 4.99. The summed E-state index contributed by atoms with van der Waals surface area (Å²) >= 11 is 1.29. The average molecular weight is 402 g/mol. The Morgan fingerprint density at radius 2 is 1.89 bits per heavy atom. The number of aryl methyl sites for hydroxylation is 1. The maximum Gasteiger partial charge on any atom is 0.295 e. The summed E-state index contributed by atoms with van der Waals surface area (Å²) in [5.74, 6) is -1.20. The molecule has 0 aliphatic rings. The first-order chi connectivity index (χ1) is 13.4. The molecule has 2 aromatic carbocycles. The van der Waals surface area contributed by atoms with Crippen LogP contribution in [0, 0.1) is 12.7 Å². The molecule has 0 saturated carbocycles. The van der Waals surface area contributed by atoms with E-state index < -0.39 is 18.2 Å². The molecule has 0 spiro atoms. The second-order valence-corrected chi connectivity index (χ2v) is 7.24. The molecule has 2 heterocycles. The van der Waals surface area contributed by atoms with Crippen LogP contribution < -0.4 is 5.32 Å². The van der Waals surface area contributed by atoms with E-state index in [1.54, 1.807) is 12.1 Å². The number of anilines is 1. The van der Waals surface area contributed by atoms with E-state index in [1.165, 1.54) is 41.7 Å². The summed E-state index contributed by atoms with van der Waals surface area (Å²) in [5.41, 5.74) is 2.40. The van der Waals surface area contributed by atoms with E-state index in [2.05, 4.69) is 20.3 Å². The van der Waals surface area contributed by atoms with Gasteiger partial charge in [0.15, 0.2) is 11.0 Å². The van der Waals surface area contributed by atoms with E-state index in [1.807, 2.05) is 6.92 Å². The van der Waals surface area contributed by atoms with Crippen molar-refractivity contribution in [2.24, 2.45) is 0 Å². The number of fused-ring (bicyclic) bond motifs is 1. The number of H-pyrrole nitrogens is 1. The van der Waals surface area contributed by atoms with Gasteiger partial charge in [-0.25, -0.2) is 23.1 Å². The summed E-state index contributed by atoms with van der Waals surface area (Å²) in [7, 11) is 0. The van der Waals surface area contributed by atoms with Crippen molar-refractivity contribution in [1.82, 2.24) is 15.0 Å². The fourth-order valence-corrected chi connectivity index (χ4v) is 3.60. The second-order valence-electron chi connectivity index (χ2n) is 6.04. The molecule has 142 valence electrons. The topological polar surface area (TPSA) is 70.7 Å². The van der Waals surface area contributed by atoms with Crippen LogP contribution in [0.1, 0.15) is 27.5 Å². The highest BCUT2D eigenvalue weighted by Gasteiger charge is 2.16. The van der Waals surface area contributed by atoms with Crippen molar-refractivity contribution >= 4 is 33.4 Å². The van der Waals surface area contributed by atoms with E-state index in [9.17, 15) is 18.0 Å². The number of imidazole rings is 1. The highest BCUT2D eigenvalue weighted by atomic mass is 32.1. The van der Waals surface area contributed by atoms with Crippen molar-refractivity contribution in [2.45, 2.75) is 13.3 Å². The molecule has 0 aliphatic heterocycles. The van der Waals surface area contributed by atoms with E-state index in [-0.39, 0.29) is 11.4 Å². The number of nitrogens with zero attached hydrogens (tertiary/aromatic N) is 2. The molecule has 5 nitrogen and oxygen atoms in total. The van der Waals surface area contributed by atoms with Crippen molar-refractivity contribution in [3.63, 3.8) is 0 Å². The molecule has 0 saturated heterocycles. The number of hydrogen-bond acceptors (Lipinski definition) is 4. The third-order valence-electron chi connectivity index (χ3n) is 4.10. The molecular weight excluding hydrogens is 389 g/mol. The predicted octanol–water partition coefficient (Wildman–Crippen LogP) is 5.32. The number of aromatic amines is 1. The van der Waals surface area contributed by atoms with Gasteiger partial charge in [0.25, 0.3) is 12.3 Å². The van der Waals surface area contributed by atoms with Crippen molar-refractivity contribution in [2.75, 3.05) is 5.32 Å². The highest BCUT2D eigenvalue weighted by Crippen LogP contribution is 2.31. The number of thiazole rings is 1. The smallest absolute Gasteiger partial charge is 0.295 e. The van der Waals surface area contributed by atoms with E-state index >= 15 is 0 Å². The Labute approximate surface area is 161 Å². The van der Waals surface area contributed by atoms with Gasteiger partial charge in [0.2, 0.25) is 0 Å². The van der Waals surface area contributed by atoms with Gasteiger partial charge in [-0.2, -0.15) is 0 Å². The predicted molar refractivity (Wildman–Crippen MR) is 101 cm³/mol. The number of carbonyl (C=O) groups excluding carboxylic acids is 1. The molecule has 1 amide bonds. The standard InChI is InChI=1S/C19H13F3N4OS/c1-9-15(10-2-5-12(20)6-3-10)25-19(28-9)26-18(27)11-4-7-13-14(8-11)24-17(23-13)16(21)22/h2-8,16H,1H3,(H,23,24)(H,25,26,27). The fraction of sp³-hybridized carbons (Fsp3) is 0.105. The molecule has 28 heavy (non-hydrogen) atoms. The Morgan fingerprint density at radius 1 is 1.14 bits per heavy atom. The van der Waals surface area contributed by atoms with Crippen LogP contribution in [0.5, 0.6) is 0 Å². The first kappa shape index (κ1) is 18.2. The zero-order valence-corrected chi connectivity index (χ0v) is 15.3. The molecule has 4 aromatic rings. The summed E-state index contributed by atoms with van der Waals surface area (Å²) in [6.45, 7) is 1.86. The van der Waals surface area contributed by atoms with Gasteiger partial charge in [0.1, 0.15) is 5.82 Å². The molecule has 0 unspecified atom stereocenters. The summed E-state index contributed by atoms with van der Waals surface area (Å²) in [4.78, 5) is 24.1. The maximum absolute atomic E-state index is 13.1. The van der Waals surface area contributed by atoms with Gasteiger partial charge in [-0.05, 0) is 49.4 Å². The molecule has 0 bridgehead atoms. The molecule has 2 aromatic heterocycles. The van der Waals surface area contributed by atoms with Crippen molar-refractivity contribution in [3.05, 3.63) is 64.5 Å². The lowest BCUT2D eigenvalue weighted by Gasteiger charge is -2.02. The summed E-state index contributed by atoms with van der Waals surface area (Å²) in [6.07, 6.45) is -2.71. The summed E-state index contributed by atoms with van der Waals surface area (Å²) < 4.78 is 38.6. The van der Waals surface area contributed by atoms with Crippen LogP contribution in [-0.4, -0.2) is 20.9 Å². The Hall–Kier alpha value is -3.20. The SMILES string of the molecule is Cc1sc(NC(=O)c2ccc3nc(C(F)F)[nH]c3c2)nc1-c1ccc(F)cc1. The normalized spacial score (nSPS) is 11.3. The zero-order chi connectivity index (χ0) is 19.8. The summed E-state index contributed by atoms with van der Waals surface area (Å²) in [5, 5.41) is 3.10. The minimum Gasteiger partial charge on any atom is -0.337 e. The Bertz CT molecular complexity index is 1170. The lowest BCUT2D eigenvalue weighted by Crippen LogP contribution is -2.11. The number of rotatable bonds is 4. The highest BCUT2D eigenvalue weighted by molar-refractivity contribution is 7.16. The number of benzene rings is 2. The lowest BCUT2D eigenvalue weighted by atomic mass is 10.1. The third kappa shape index (κ3) is 3.48. The van der Waals surface area contributed by atoms with Crippen molar-refractivity contribution < 1.29 is 18.0 Å². The van der Waals surface area contributed by atoms with Crippen LogP contribution in [0.15, 0.2) is 42.5 Å². The number of nitrogens with one attached hydrogen (secondary N) is 2. The van der Waals surface area contributed by atoms with Crippen LogP contribution in [0.3, 0.4) is 0 Å². The molecule has 9 heteroatoms. The Kier molecular flexibility index (Phi) is 4.60. The average Bonchev–Trinajstić information content (AvgIpc) is 3.25. The van der Waals surface area contributed by atoms with Gasteiger partial charge in [0.05, 0.1) is 16.7 Å². The molecular formula is C19H13F3N4OS. The molecule has 0 fully saturated rings. The summed E-state index contributed by atoms with van der Waals surface area (Å²) in [6, 6.07) is 10.4. The van der Waals surface area contributed by atoms with Gasteiger partial charge in [-0.15, -0.1) is 11.3 Å². The van der Waals surface area contributed by atoms with Gasteiger partial charge in [-0.3, -0.25) is 10.1 Å². The lowest BCUT2D eigenvalue weighted by molar-refractivity contribution is 0.102. The minimum absolute atomic E-state index is 0.285. The number of alkyl halides is 2. The van der Waals surface area contributed by atoms with Gasteiger partial charge in [-0.1, -0.05) is 0 Å². The minimum atomic E-state index is -2.71. The maximum atomic E-state index is 13.1. The zero-order valence-electron chi connectivity index (χ0n) is 14.5. The van der Waals surface area contributed by atoms with Crippen LogP contribution in [0.25, 0.3) is 22.3 Å². The quantitative estimate of drug-likeness (QED) is 0.485. The number of halogens is 3. The van der Waals surface area contributed by atoms with Crippen LogP contribution >= 0.6 is 11.3 Å². The monoisotopic (exact) mass is 402 g/mol. The second kappa shape index (κ2) is 7.08. The number of hydrogen-bond donors (Lipinski definition) is 2. The van der Waals surface area contributed by atoms with Crippen molar-refractivity contribution in [1.29, 1.82) is 0 Å². The number of aromatic nitrogens is 3. The van der Waals surface area contributed by atoms with E-state index in [0.29, 0.717) is 21.9 Å². The molecule has 2 N–H and O–H groups in total. The number of carbonyl (C=O) groups is 1. The molecule has 0 atom stereocenters. The van der Waals surface area contributed by atoms with Crippen molar-refractivity contribution in [3.8, 4) is 11.3 Å². The molecule has 0 aliphatic carbocycles. The van der Waals surface area contributed by atoms with Crippen LogP contribution in [0.4, 0.5) is 18.3 Å². The Balaban J connectivity index is 1.57. The Morgan fingerprint density at radius 3 is 2.61 bits per heavy atom. The first-order valence-electron chi connectivity index (χ1n) is 8.23. The fourth-order valence-electron chi connectivity index (χ4n) is 2.77. The first-order valence-corrected chi connectivity index (χ1v) is 9.05. The van der Waals surface area contributed by atoms with Gasteiger partial charge < -0.3 is 4.98 Å². The van der Waals surface area contributed by atoms with Crippen LogP contribution in [0.2, 0.25) is 0 Å². The van der Waals surface area contributed by atoms with Gasteiger partial charge >= 0.3 is 0 Å². The van der Waals surface area contributed by atoms with Gasteiger partial charge in [0, 0.05) is 16.0 Å². The molecule has 0 radical (unpaired) electrons. The van der Waals surface area contributed by atoms with Crippen LogP contribution in [-0.2, 0) is 0 Å². The van der Waals surface area contributed by atoms with E-state index in [0.717, 1.165) is 10.4 Å². The largest absolute Gasteiger partial charge is 0.337 e. The molecule has 4 rings (SSSR count). The number of amides is 1. The van der Waals surface area contributed by atoms with E-state index in [4.69, 9.17) is 0 Å².